The Hall–Kier alpha value is -0.580. The van der Waals surface area contributed by atoms with Crippen LogP contribution in [0.1, 0.15) is 56.8 Å². The van der Waals surface area contributed by atoms with Gasteiger partial charge in [0.1, 0.15) is 0 Å². The molecule has 126 valence electrons. The van der Waals surface area contributed by atoms with Crippen molar-refractivity contribution in [3.05, 3.63) is 17.5 Å². The van der Waals surface area contributed by atoms with Gasteiger partial charge in [0.15, 0.2) is 0 Å². The zero-order chi connectivity index (χ0) is 14.8. The highest BCUT2D eigenvalue weighted by molar-refractivity contribution is 5.85. The Kier molecular flexibility index (Phi) is 6.30. The van der Waals surface area contributed by atoms with Gasteiger partial charge >= 0.3 is 0 Å². The van der Waals surface area contributed by atoms with Crippen molar-refractivity contribution in [3.8, 4) is 0 Å². The first kappa shape index (κ1) is 17.8. The highest BCUT2D eigenvalue weighted by Crippen LogP contribution is 2.26. The van der Waals surface area contributed by atoms with E-state index < -0.39 is 0 Å². The number of aromatic nitrogens is 2. The van der Waals surface area contributed by atoms with E-state index in [0.717, 1.165) is 18.5 Å². The molecule has 5 heteroatoms. The predicted octanol–water partition coefficient (Wildman–Crippen LogP) is 3.16. The van der Waals surface area contributed by atoms with E-state index in [4.69, 9.17) is 0 Å². The van der Waals surface area contributed by atoms with E-state index in [0.29, 0.717) is 6.04 Å². The molecule has 0 aliphatic carbocycles. The summed E-state index contributed by atoms with van der Waals surface area (Å²) in [5, 5.41) is 8.32. The Labute approximate surface area is 141 Å². The number of hydrogen-bond acceptors (Lipinski definition) is 3. The largest absolute Gasteiger partial charge is 0.314 e. The van der Waals surface area contributed by atoms with Crippen molar-refractivity contribution in [2.75, 3.05) is 19.6 Å². The van der Waals surface area contributed by atoms with E-state index in [9.17, 15) is 0 Å². The summed E-state index contributed by atoms with van der Waals surface area (Å²) in [6, 6.07) is 1.26. The molecule has 0 aromatic carbocycles. The predicted molar refractivity (Wildman–Crippen MR) is 93.6 cm³/mol. The maximum absolute atomic E-state index is 4.63. The van der Waals surface area contributed by atoms with Crippen LogP contribution in [0.5, 0.6) is 0 Å². The van der Waals surface area contributed by atoms with Gasteiger partial charge in [0.25, 0.3) is 0 Å². The summed E-state index contributed by atoms with van der Waals surface area (Å²) >= 11 is 0. The van der Waals surface area contributed by atoms with Gasteiger partial charge in [-0.25, -0.2) is 0 Å². The third-order valence-electron chi connectivity index (χ3n) is 5.24. The molecule has 1 atom stereocenters. The summed E-state index contributed by atoms with van der Waals surface area (Å²) in [4.78, 5) is 2.61. The fraction of sp³-hybridized carbons (Fsp3) is 0.824. The van der Waals surface area contributed by atoms with Crippen molar-refractivity contribution < 1.29 is 0 Å². The van der Waals surface area contributed by atoms with Crippen molar-refractivity contribution in [1.29, 1.82) is 0 Å². The van der Waals surface area contributed by atoms with Crippen molar-refractivity contribution in [2.45, 2.75) is 65.1 Å². The van der Waals surface area contributed by atoms with Gasteiger partial charge in [-0.1, -0.05) is 0 Å². The number of halogens is 1. The number of hydrogen-bond donors (Lipinski definition) is 1. The van der Waals surface area contributed by atoms with E-state index in [-0.39, 0.29) is 12.4 Å². The second-order valence-corrected chi connectivity index (χ2v) is 7.13. The van der Waals surface area contributed by atoms with Gasteiger partial charge < -0.3 is 5.32 Å². The summed E-state index contributed by atoms with van der Waals surface area (Å²) in [6.45, 7) is 11.3. The highest BCUT2D eigenvalue weighted by Gasteiger charge is 2.28. The Balaban J connectivity index is 0.00000176. The lowest BCUT2D eigenvalue weighted by Crippen LogP contribution is -2.40. The first-order chi connectivity index (χ1) is 10.1. The molecule has 0 spiro atoms. The monoisotopic (exact) mass is 326 g/mol. The van der Waals surface area contributed by atoms with Gasteiger partial charge in [-0.15, -0.1) is 12.4 Å². The van der Waals surface area contributed by atoms with E-state index in [1.807, 2.05) is 0 Å². The van der Waals surface area contributed by atoms with Crippen LogP contribution in [-0.2, 0) is 6.54 Å². The van der Waals surface area contributed by atoms with Crippen LogP contribution >= 0.6 is 12.4 Å². The minimum atomic E-state index is 0. The summed E-state index contributed by atoms with van der Waals surface area (Å²) in [7, 11) is 0. The Morgan fingerprint density at radius 2 is 2.00 bits per heavy atom. The molecule has 0 saturated carbocycles. The molecule has 4 nitrogen and oxygen atoms in total. The fourth-order valence-corrected chi connectivity index (χ4v) is 3.81. The number of likely N-dealkylation sites (tertiary alicyclic amines) is 1. The molecular formula is C17H31ClN4. The second-order valence-electron chi connectivity index (χ2n) is 7.13. The smallest absolute Gasteiger partial charge is 0.0638 e. The summed E-state index contributed by atoms with van der Waals surface area (Å²) in [5.41, 5.74) is 2.60. The number of rotatable bonds is 4. The molecule has 0 bridgehead atoms. The van der Waals surface area contributed by atoms with Crippen LogP contribution < -0.4 is 5.32 Å². The molecule has 0 amide bonds. The quantitative estimate of drug-likeness (QED) is 0.922. The molecule has 2 aliphatic rings. The van der Waals surface area contributed by atoms with Gasteiger partial charge in [0.05, 0.1) is 5.69 Å². The molecule has 0 radical (unpaired) electrons. The van der Waals surface area contributed by atoms with Crippen LogP contribution in [0.2, 0.25) is 0 Å². The zero-order valence-electron chi connectivity index (χ0n) is 14.2. The number of nitrogens with one attached hydrogen (secondary N) is 1. The molecule has 1 aromatic heterocycles. The molecular weight excluding hydrogens is 296 g/mol. The first-order valence-corrected chi connectivity index (χ1v) is 8.64. The third kappa shape index (κ3) is 4.03. The van der Waals surface area contributed by atoms with Crippen molar-refractivity contribution in [1.82, 2.24) is 20.0 Å². The SMILES string of the molecule is Cc1nn(C(C)C)cc1CN1CCC(C2CCCN2)CC1.Cl. The van der Waals surface area contributed by atoms with Crippen molar-refractivity contribution >= 4 is 12.4 Å². The van der Waals surface area contributed by atoms with Crippen LogP contribution in [0.4, 0.5) is 0 Å². The molecule has 2 saturated heterocycles. The van der Waals surface area contributed by atoms with E-state index in [1.54, 1.807) is 0 Å². The molecule has 3 rings (SSSR count). The minimum Gasteiger partial charge on any atom is -0.314 e. The first-order valence-electron chi connectivity index (χ1n) is 8.64. The number of piperidine rings is 1. The van der Waals surface area contributed by atoms with E-state index in [2.05, 4.69) is 47.0 Å². The highest BCUT2D eigenvalue weighted by atomic mass is 35.5. The lowest BCUT2D eigenvalue weighted by Gasteiger charge is -2.34. The van der Waals surface area contributed by atoms with Gasteiger partial charge in [0, 0.05) is 30.4 Å². The van der Waals surface area contributed by atoms with Crippen LogP contribution in [0.3, 0.4) is 0 Å². The van der Waals surface area contributed by atoms with Crippen molar-refractivity contribution in [2.24, 2.45) is 5.92 Å². The van der Waals surface area contributed by atoms with Crippen LogP contribution in [-0.4, -0.2) is 40.4 Å². The number of aryl methyl sites for hydroxylation is 1. The maximum Gasteiger partial charge on any atom is 0.0638 e. The second kappa shape index (κ2) is 7.80. The normalized spacial score (nSPS) is 23.9. The lowest BCUT2D eigenvalue weighted by molar-refractivity contribution is 0.157. The lowest BCUT2D eigenvalue weighted by atomic mass is 9.88. The summed E-state index contributed by atoms with van der Waals surface area (Å²) in [5.74, 6) is 0.906. The van der Waals surface area contributed by atoms with Crippen LogP contribution in [0.15, 0.2) is 6.20 Å². The maximum atomic E-state index is 4.63. The van der Waals surface area contributed by atoms with Crippen molar-refractivity contribution in [3.63, 3.8) is 0 Å². The van der Waals surface area contributed by atoms with Gasteiger partial charge in [-0.05, 0) is 72.0 Å². The third-order valence-corrected chi connectivity index (χ3v) is 5.24. The average molecular weight is 327 g/mol. The Morgan fingerprint density at radius 3 is 2.55 bits per heavy atom. The van der Waals surface area contributed by atoms with Gasteiger partial charge in [0.2, 0.25) is 0 Å². The molecule has 1 N–H and O–H groups in total. The average Bonchev–Trinajstić information content (AvgIpc) is 3.10. The Morgan fingerprint density at radius 1 is 1.27 bits per heavy atom. The van der Waals surface area contributed by atoms with Crippen LogP contribution in [0, 0.1) is 12.8 Å². The summed E-state index contributed by atoms with van der Waals surface area (Å²) < 4.78 is 2.10. The van der Waals surface area contributed by atoms with E-state index >= 15 is 0 Å². The molecule has 1 aromatic rings. The van der Waals surface area contributed by atoms with Gasteiger partial charge in [-0.2, -0.15) is 5.10 Å². The zero-order valence-corrected chi connectivity index (χ0v) is 15.0. The fourth-order valence-electron chi connectivity index (χ4n) is 3.81. The summed E-state index contributed by atoms with van der Waals surface area (Å²) in [6.07, 6.45) is 7.72. The van der Waals surface area contributed by atoms with Crippen LogP contribution in [0.25, 0.3) is 0 Å². The molecule has 2 fully saturated rings. The van der Waals surface area contributed by atoms with E-state index in [1.165, 1.54) is 56.6 Å². The number of nitrogens with zero attached hydrogens (tertiary/aromatic N) is 3. The minimum absolute atomic E-state index is 0. The molecule has 1 unspecified atom stereocenters. The standard InChI is InChI=1S/C17H30N4.ClH/c1-13(2)21-12-16(14(3)19-21)11-20-9-6-15(7-10-20)17-5-4-8-18-17;/h12-13,15,17-18H,4-11H2,1-3H3;1H. The molecule has 22 heavy (non-hydrogen) atoms. The topological polar surface area (TPSA) is 33.1 Å². The van der Waals surface area contributed by atoms with Gasteiger partial charge in [-0.3, -0.25) is 9.58 Å². The Bertz CT molecular complexity index is 457. The molecule has 3 heterocycles. The molecule has 2 aliphatic heterocycles.